The van der Waals surface area contributed by atoms with Gasteiger partial charge in [0, 0.05) is 84.6 Å². The number of rotatable bonds is 10. The molecule has 4 aliphatic rings. The van der Waals surface area contributed by atoms with Gasteiger partial charge in [-0.25, -0.2) is 13.2 Å². The quantitative estimate of drug-likeness (QED) is 0.375. The zero-order chi connectivity index (χ0) is 32.5. The van der Waals surface area contributed by atoms with Crippen molar-refractivity contribution < 1.29 is 22.8 Å². The third kappa shape index (κ3) is 7.60. The van der Waals surface area contributed by atoms with Crippen molar-refractivity contribution in [2.24, 2.45) is 0 Å². The first-order valence-electron chi connectivity index (χ1n) is 16.0. The van der Waals surface area contributed by atoms with E-state index in [0.717, 1.165) is 49.9 Å². The fraction of sp³-hybridized carbons (Fsp3) is 0.656. The van der Waals surface area contributed by atoms with Gasteiger partial charge in [-0.2, -0.15) is 4.31 Å². The lowest BCUT2D eigenvalue weighted by atomic mass is 9.85. The Kier molecular flexibility index (Phi) is 10.3. The second-order valence-corrected chi connectivity index (χ2v) is 15.3. The van der Waals surface area contributed by atoms with Crippen LogP contribution in [-0.2, 0) is 19.6 Å². The Morgan fingerprint density at radius 1 is 0.933 bits per heavy atom. The largest absolute Gasteiger partial charge is 0.349 e. The molecule has 0 radical (unpaired) electrons. The van der Waals surface area contributed by atoms with E-state index in [2.05, 4.69) is 15.1 Å². The van der Waals surface area contributed by atoms with Crippen LogP contribution in [-0.4, -0.2) is 160 Å². The molecule has 0 spiro atoms. The summed E-state index contributed by atoms with van der Waals surface area (Å²) < 4.78 is 27.0. The van der Waals surface area contributed by atoms with Crippen LogP contribution in [0.2, 0.25) is 0 Å². The van der Waals surface area contributed by atoms with Crippen molar-refractivity contribution >= 4 is 33.8 Å². The van der Waals surface area contributed by atoms with Gasteiger partial charge in [0.15, 0.2) is 5.78 Å². The Morgan fingerprint density at radius 3 is 2.16 bits per heavy atom. The average molecular weight is 644 g/mol. The lowest BCUT2D eigenvalue weighted by Gasteiger charge is -2.40. The predicted molar refractivity (Wildman–Crippen MR) is 174 cm³/mol. The lowest BCUT2D eigenvalue weighted by molar-refractivity contribution is -0.125. The van der Waals surface area contributed by atoms with Gasteiger partial charge in [0.05, 0.1) is 17.9 Å². The highest BCUT2D eigenvalue weighted by atomic mass is 32.2. The number of piperidine rings is 1. The van der Waals surface area contributed by atoms with Gasteiger partial charge in [-0.05, 0) is 57.0 Å². The Morgan fingerprint density at radius 2 is 1.56 bits per heavy atom. The Bertz CT molecular complexity index is 1390. The van der Waals surface area contributed by atoms with E-state index in [0.29, 0.717) is 39.3 Å². The summed E-state index contributed by atoms with van der Waals surface area (Å²) in [4.78, 5) is 49.0. The summed E-state index contributed by atoms with van der Waals surface area (Å²) in [5.74, 6) is -0.490. The number of carbonyl (C=O) groups excluding carboxylic acids is 3. The van der Waals surface area contributed by atoms with Crippen molar-refractivity contribution in [1.82, 2.24) is 34.1 Å². The zero-order valence-corrected chi connectivity index (χ0v) is 28.1. The predicted octanol–water partition coefficient (Wildman–Crippen LogP) is 0.928. The summed E-state index contributed by atoms with van der Waals surface area (Å²) in [6.07, 6.45) is 6.60. The Balaban J connectivity index is 1.14. The molecule has 1 aliphatic carbocycles. The van der Waals surface area contributed by atoms with E-state index in [1.165, 1.54) is 6.26 Å². The van der Waals surface area contributed by atoms with E-state index in [1.807, 2.05) is 48.2 Å². The molecule has 13 heteroatoms. The van der Waals surface area contributed by atoms with Crippen LogP contribution in [0.4, 0.5) is 4.79 Å². The number of nitrogens with one attached hydrogen (secondary N) is 1. The van der Waals surface area contributed by atoms with Gasteiger partial charge in [0.2, 0.25) is 10.0 Å². The van der Waals surface area contributed by atoms with Crippen LogP contribution in [0.5, 0.6) is 0 Å². The van der Waals surface area contributed by atoms with Gasteiger partial charge in [-0.15, -0.1) is 0 Å². The topological polar surface area (TPSA) is 117 Å². The highest BCUT2D eigenvalue weighted by Gasteiger charge is 2.42. The number of carbonyl (C=O) groups is 3. The molecule has 5 rings (SSSR count). The minimum absolute atomic E-state index is 0.00804. The van der Waals surface area contributed by atoms with E-state index in [9.17, 15) is 22.8 Å². The van der Waals surface area contributed by atoms with Crippen LogP contribution < -0.4 is 5.32 Å². The molecule has 1 aromatic rings. The molecule has 3 fully saturated rings. The maximum Gasteiger partial charge on any atom is 0.319 e. The summed E-state index contributed by atoms with van der Waals surface area (Å²) in [7, 11) is 3.83. The fourth-order valence-electron chi connectivity index (χ4n) is 7.49. The number of nitrogens with zero attached hydrogens (tertiary/aromatic N) is 6. The molecule has 2 bridgehead atoms. The first-order valence-corrected chi connectivity index (χ1v) is 17.9. The number of benzene rings is 1. The maximum atomic E-state index is 13.4. The summed E-state index contributed by atoms with van der Waals surface area (Å²) in [5.41, 5.74) is 2.02. The molecule has 248 valence electrons. The number of fused-ring (bicyclic) bond motifs is 3. The number of urea groups is 1. The van der Waals surface area contributed by atoms with E-state index in [1.54, 1.807) is 29.4 Å². The molecule has 3 amide bonds. The number of amides is 3. The lowest BCUT2D eigenvalue weighted by Crippen LogP contribution is -2.54. The van der Waals surface area contributed by atoms with Gasteiger partial charge < -0.3 is 15.1 Å². The number of Topliss-reactive ketones (excluding diaryl/α,β-unsaturated/α-hetero) is 1. The van der Waals surface area contributed by atoms with Crippen molar-refractivity contribution in [2.75, 3.05) is 86.8 Å². The molecule has 0 aromatic heterocycles. The van der Waals surface area contributed by atoms with Crippen molar-refractivity contribution in [3.63, 3.8) is 0 Å². The fourth-order valence-corrected chi connectivity index (χ4v) is 8.31. The van der Waals surface area contributed by atoms with Crippen molar-refractivity contribution in [3.8, 4) is 0 Å². The Labute approximate surface area is 268 Å². The van der Waals surface area contributed by atoms with Gasteiger partial charge in [0.1, 0.15) is 0 Å². The normalized spacial score (nSPS) is 25.8. The number of piperazine rings is 1. The van der Waals surface area contributed by atoms with Crippen LogP contribution in [0.1, 0.15) is 42.9 Å². The maximum absolute atomic E-state index is 13.4. The highest BCUT2D eigenvalue weighted by Crippen LogP contribution is 2.36. The van der Waals surface area contributed by atoms with Gasteiger partial charge >= 0.3 is 6.03 Å². The molecule has 3 unspecified atom stereocenters. The van der Waals surface area contributed by atoms with Crippen molar-refractivity contribution in [1.29, 1.82) is 0 Å². The Hall–Kier alpha value is -2.84. The van der Waals surface area contributed by atoms with Gasteiger partial charge in [-0.1, -0.05) is 24.3 Å². The first kappa shape index (κ1) is 33.5. The molecule has 45 heavy (non-hydrogen) atoms. The summed E-state index contributed by atoms with van der Waals surface area (Å²) in [5, 5.41) is 3.18. The number of hydrogen-bond donors (Lipinski definition) is 1. The van der Waals surface area contributed by atoms with Gasteiger partial charge in [0.25, 0.3) is 5.91 Å². The smallest absolute Gasteiger partial charge is 0.319 e. The van der Waals surface area contributed by atoms with Crippen molar-refractivity contribution in [3.05, 3.63) is 41.0 Å². The molecular formula is C32H49N7O5S. The average Bonchev–Trinajstić information content (AvgIpc) is 3.22. The van der Waals surface area contributed by atoms with Crippen LogP contribution in [0.25, 0.3) is 6.08 Å². The number of hydrogen-bond acceptors (Lipinski definition) is 8. The second kappa shape index (κ2) is 13.9. The summed E-state index contributed by atoms with van der Waals surface area (Å²) >= 11 is 0. The van der Waals surface area contributed by atoms with E-state index < -0.39 is 16.1 Å². The molecular weight excluding hydrogens is 594 g/mol. The minimum atomic E-state index is -3.38. The van der Waals surface area contributed by atoms with Crippen molar-refractivity contribution in [2.45, 2.75) is 49.9 Å². The van der Waals surface area contributed by atoms with Crippen LogP contribution in [0.3, 0.4) is 0 Å². The highest BCUT2D eigenvalue weighted by molar-refractivity contribution is 7.88. The summed E-state index contributed by atoms with van der Waals surface area (Å²) in [6.45, 7) is 4.86. The van der Waals surface area contributed by atoms with E-state index >= 15 is 0 Å². The third-order valence-corrected chi connectivity index (χ3v) is 11.2. The standard InChI is InChI=1S/C32H49N7O5S/c1-34(2)29-27-9-7-6-8-23(27)20-28(30(29)40)31(41)33-24-21-25-10-11-26(22-24)39(25)19-18-38(45(5,43)44)17-14-36-12-15-37(16-13-36)32(42)35(3)4/h6-9,20,24-26,29H,10-19,21-22H2,1-5H3,(H,33,41). The zero-order valence-electron chi connectivity index (χ0n) is 27.3. The van der Waals surface area contributed by atoms with Gasteiger partial charge in [-0.3, -0.25) is 24.3 Å². The van der Waals surface area contributed by atoms with E-state index in [4.69, 9.17) is 0 Å². The minimum Gasteiger partial charge on any atom is -0.349 e. The second-order valence-electron chi connectivity index (χ2n) is 13.3. The third-order valence-electron chi connectivity index (χ3n) is 9.85. The number of ketones is 1. The van der Waals surface area contributed by atoms with Crippen LogP contribution >= 0.6 is 0 Å². The molecule has 1 aromatic carbocycles. The first-order chi connectivity index (χ1) is 21.3. The molecule has 1 N–H and O–H groups in total. The van der Waals surface area contributed by atoms with Crippen LogP contribution in [0, 0.1) is 0 Å². The molecule has 3 heterocycles. The molecule has 0 saturated carbocycles. The number of likely N-dealkylation sites (N-methyl/N-ethyl adjacent to an activating group) is 1. The molecule has 3 saturated heterocycles. The molecule has 3 atom stereocenters. The summed E-state index contributed by atoms with van der Waals surface area (Å²) in [6, 6.07) is 7.75. The molecule has 12 nitrogen and oxygen atoms in total. The van der Waals surface area contributed by atoms with E-state index in [-0.39, 0.29) is 41.4 Å². The monoisotopic (exact) mass is 643 g/mol. The molecule has 3 aliphatic heterocycles. The van der Waals surface area contributed by atoms with Crippen LogP contribution in [0.15, 0.2) is 29.8 Å². The number of sulfonamides is 1. The SMILES string of the molecule is CN(C)C(=O)N1CCN(CCN(CCN2C3CCC2CC(NC(=O)C2=Cc4ccccc4C(N(C)C)C2=O)C3)S(C)(=O)=O)CC1.